The summed E-state index contributed by atoms with van der Waals surface area (Å²) >= 11 is 0. The van der Waals surface area contributed by atoms with Crippen LogP contribution < -0.4 is 0 Å². The molecule has 0 aliphatic carbocycles. The maximum absolute atomic E-state index is 10.5. The molecule has 1 aromatic carbocycles. The minimum absolute atomic E-state index is 0.108. The molecule has 0 heterocycles. The van der Waals surface area contributed by atoms with E-state index in [-0.39, 0.29) is 11.2 Å². The van der Waals surface area contributed by atoms with Crippen molar-refractivity contribution in [2.75, 3.05) is 0 Å². The predicted molar refractivity (Wildman–Crippen MR) is 70.0 cm³/mol. The molecule has 0 aliphatic heterocycles. The zero-order valence-electron chi connectivity index (χ0n) is 11.3. The summed E-state index contributed by atoms with van der Waals surface area (Å²) in [5, 5.41) is 37.9. The number of phenols is 1. The average molecular weight is 268 g/mol. The van der Waals surface area contributed by atoms with Gasteiger partial charge in [0.25, 0.3) is 0 Å². The Labute approximate surface area is 112 Å². The lowest BCUT2D eigenvalue weighted by Gasteiger charge is -2.23. The first-order valence-electron chi connectivity index (χ1n) is 6.04. The number of carboxylic acids is 1. The summed E-state index contributed by atoms with van der Waals surface area (Å²) in [6, 6.07) is 4.50. The van der Waals surface area contributed by atoms with Crippen LogP contribution in [0.25, 0.3) is 0 Å². The van der Waals surface area contributed by atoms with Crippen LogP contribution in [-0.2, 0) is 10.2 Å². The molecule has 1 aromatic rings. The van der Waals surface area contributed by atoms with Crippen molar-refractivity contribution in [2.24, 2.45) is 0 Å². The number of aliphatic hydroxyl groups is 2. The third-order valence-corrected chi connectivity index (χ3v) is 2.92. The number of hydrogen-bond donors (Lipinski definition) is 4. The number of carbonyl (C=O) groups is 1. The highest BCUT2D eigenvalue weighted by atomic mass is 16.4. The Balaban J connectivity index is 3.05. The summed E-state index contributed by atoms with van der Waals surface area (Å²) in [6.07, 6.45) is -3.21. The molecule has 5 nitrogen and oxygen atoms in total. The van der Waals surface area contributed by atoms with E-state index < -0.39 is 24.6 Å². The smallest absolute Gasteiger partial charge is 0.306 e. The molecular formula is C14H20O5. The predicted octanol–water partition coefficient (Wildman–Crippen LogP) is 1.56. The van der Waals surface area contributed by atoms with Gasteiger partial charge in [-0.15, -0.1) is 0 Å². The zero-order valence-corrected chi connectivity index (χ0v) is 11.3. The zero-order chi connectivity index (χ0) is 14.8. The van der Waals surface area contributed by atoms with E-state index >= 15 is 0 Å². The van der Waals surface area contributed by atoms with Crippen molar-refractivity contribution in [3.05, 3.63) is 29.3 Å². The first-order chi connectivity index (χ1) is 8.62. The Morgan fingerprint density at radius 1 is 1.26 bits per heavy atom. The van der Waals surface area contributed by atoms with Crippen LogP contribution in [0.4, 0.5) is 0 Å². The molecule has 2 atom stereocenters. The fourth-order valence-electron chi connectivity index (χ4n) is 1.85. The summed E-state index contributed by atoms with van der Waals surface area (Å²) in [7, 11) is 0. The number of carboxylic acid groups (broad SMARTS) is 1. The van der Waals surface area contributed by atoms with E-state index in [1.54, 1.807) is 6.07 Å². The molecule has 1 rings (SSSR count). The van der Waals surface area contributed by atoms with Crippen molar-refractivity contribution in [3.63, 3.8) is 0 Å². The van der Waals surface area contributed by atoms with Gasteiger partial charge in [-0.2, -0.15) is 0 Å². The summed E-state index contributed by atoms with van der Waals surface area (Å²) in [6.45, 7) is 5.73. The average Bonchev–Trinajstić information content (AvgIpc) is 2.26. The Morgan fingerprint density at radius 3 is 2.32 bits per heavy atom. The van der Waals surface area contributed by atoms with Gasteiger partial charge in [0.15, 0.2) is 0 Å². The second kappa shape index (κ2) is 5.59. The van der Waals surface area contributed by atoms with Gasteiger partial charge in [-0.3, -0.25) is 4.79 Å². The highest BCUT2D eigenvalue weighted by Gasteiger charge is 2.24. The van der Waals surface area contributed by atoms with Gasteiger partial charge in [0.2, 0.25) is 0 Å². The number of rotatable bonds is 4. The van der Waals surface area contributed by atoms with Gasteiger partial charge in [-0.1, -0.05) is 26.8 Å². The Morgan fingerprint density at radius 2 is 1.84 bits per heavy atom. The standard InChI is InChI=1S/C14H20O5/c1-14(2,3)9-6-8(4-5-10(9)15)13(19)11(16)7-12(17)18/h4-6,11,13,15-16,19H,7H2,1-3H3,(H,17,18). The van der Waals surface area contributed by atoms with Crippen molar-refractivity contribution in [1.82, 2.24) is 0 Å². The quantitative estimate of drug-likeness (QED) is 0.664. The SMILES string of the molecule is CC(C)(C)c1cc(C(O)C(O)CC(=O)O)ccc1O. The molecule has 4 N–H and O–H groups in total. The number of benzene rings is 1. The van der Waals surface area contributed by atoms with E-state index in [0.717, 1.165) is 0 Å². The van der Waals surface area contributed by atoms with Crippen LogP contribution in [0.5, 0.6) is 5.75 Å². The lowest BCUT2D eigenvalue weighted by molar-refractivity contribution is -0.141. The van der Waals surface area contributed by atoms with Gasteiger partial charge in [-0.25, -0.2) is 0 Å². The van der Waals surface area contributed by atoms with E-state index in [4.69, 9.17) is 5.11 Å². The Bertz CT molecular complexity index is 461. The largest absolute Gasteiger partial charge is 0.508 e. The summed E-state index contributed by atoms with van der Waals surface area (Å²) in [5.41, 5.74) is 0.695. The van der Waals surface area contributed by atoms with Crippen molar-refractivity contribution in [3.8, 4) is 5.75 Å². The van der Waals surface area contributed by atoms with Crippen molar-refractivity contribution in [2.45, 2.75) is 44.8 Å². The molecule has 5 heteroatoms. The molecule has 0 saturated carbocycles. The Hall–Kier alpha value is -1.59. The first kappa shape index (κ1) is 15.5. The molecular weight excluding hydrogens is 248 g/mol. The van der Waals surface area contributed by atoms with E-state index in [9.17, 15) is 20.1 Å². The molecule has 19 heavy (non-hydrogen) atoms. The molecule has 0 bridgehead atoms. The minimum Gasteiger partial charge on any atom is -0.508 e. The summed E-state index contributed by atoms with van der Waals surface area (Å²) in [4.78, 5) is 10.5. The number of aliphatic hydroxyl groups excluding tert-OH is 2. The second-order valence-electron chi connectivity index (χ2n) is 5.64. The molecule has 0 spiro atoms. The lowest BCUT2D eigenvalue weighted by Crippen LogP contribution is -2.22. The van der Waals surface area contributed by atoms with Crippen LogP contribution in [0.15, 0.2) is 18.2 Å². The van der Waals surface area contributed by atoms with Crippen LogP contribution in [0, 0.1) is 0 Å². The molecule has 106 valence electrons. The van der Waals surface area contributed by atoms with Gasteiger partial charge < -0.3 is 20.4 Å². The van der Waals surface area contributed by atoms with E-state index in [2.05, 4.69) is 0 Å². The van der Waals surface area contributed by atoms with Gasteiger partial charge in [0.1, 0.15) is 11.9 Å². The van der Waals surface area contributed by atoms with E-state index in [0.29, 0.717) is 11.1 Å². The second-order valence-corrected chi connectivity index (χ2v) is 5.64. The molecule has 0 radical (unpaired) electrons. The van der Waals surface area contributed by atoms with Crippen LogP contribution in [0.1, 0.15) is 44.4 Å². The molecule has 0 fully saturated rings. The molecule has 2 unspecified atom stereocenters. The van der Waals surface area contributed by atoms with Crippen LogP contribution in [0.3, 0.4) is 0 Å². The van der Waals surface area contributed by atoms with Gasteiger partial charge in [-0.05, 0) is 28.7 Å². The van der Waals surface area contributed by atoms with Crippen molar-refractivity contribution in [1.29, 1.82) is 0 Å². The third kappa shape index (κ3) is 3.94. The third-order valence-electron chi connectivity index (χ3n) is 2.92. The maximum atomic E-state index is 10.5. The topological polar surface area (TPSA) is 98.0 Å². The van der Waals surface area contributed by atoms with Crippen molar-refractivity contribution >= 4 is 5.97 Å². The van der Waals surface area contributed by atoms with Crippen molar-refractivity contribution < 1.29 is 25.2 Å². The number of phenolic OH excluding ortho intramolecular Hbond substituents is 1. The molecule has 0 amide bonds. The monoisotopic (exact) mass is 268 g/mol. The lowest BCUT2D eigenvalue weighted by atomic mass is 9.84. The van der Waals surface area contributed by atoms with Crippen LogP contribution in [0.2, 0.25) is 0 Å². The Kier molecular flexibility index (Phi) is 4.55. The molecule has 0 saturated heterocycles. The number of aliphatic carboxylic acids is 1. The van der Waals surface area contributed by atoms with Gasteiger partial charge in [0.05, 0.1) is 12.5 Å². The highest BCUT2D eigenvalue weighted by molar-refractivity contribution is 5.67. The maximum Gasteiger partial charge on any atom is 0.306 e. The highest BCUT2D eigenvalue weighted by Crippen LogP contribution is 2.33. The fourth-order valence-corrected chi connectivity index (χ4v) is 1.85. The number of hydrogen-bond acceptors (Lipinski definition) is 4. The van der Waals surface area contributed by atoms with E-state index in [1.807, 2.05) is 20.8 Å². The molecule has 0 aromatic heterocycles. The summed E-state index contributed by atoms with van der Waals surface area (Å²) in [5.74, 6) is -1.07. The normalized spacial score (nSPS) is 15.0. The van der Waals surface area contributed by atoms with Crippen LogP contribution in [-0.4, -0.2) is 32.5 Å². The number of aromatic hydroxyl groups is 1. The van der Waals surface area contributed by atoms with Gasteiger partial charge >= 0.3 is 5.97 Å². The van der Waals surface area contributed by atoms with E-state index in [1.165, 1.54) is 12.1 Å². The first-order valence-corrected chi connectivity index (χ1v) is 6.04. The van der Waals surface area contributed by atoms with Crippen LogP contribution >= 0.6 is 0 Å². The molecule has 0 aliphatic rings. The summed E-state index contributed by atoms with van der Waals surface area (Å²) < 4.78 is 0. The fraction of sp³-hybridized carbons (Fsp3) is 0.500. The van der Waals surface area contributed by atoms with Gasteiger partial charge in [0, 0.05) is 0 Å². The minimum atomic E-state index is -1.38.